The molecule has 0 saturated carbocycles. The van der Waals surface area contributed by atoms with Crippen LogP contribution < -0.4 is 4.68 Å². The molecule has 132 valence electrons. The molecule has 1 aliphatic heterocycles. The van der Waals surface area contributed by atoms with E-state index in [-0.39, 0.29) is 12.6 Å². The van der Waals surface area contributed by atoms with Gasteiger partial charge < -0.3 is 9.84 Å². The van der Waals surface area contributed by atoms with Crippen LogP contribution in [0.4, 0.5) is 0 Å². The molecule has 5 nitrogen and oxygen atoms in total. The SMILES string of the molecule is CCOC(=O)c1[nH][n+](-c2ccc(CO)cc2)c2c1CSc1ccccc1-2. The molecule has 0 aliphatic carbocycles. The minimum atomic E-state index is -0.338. The second kappa shape index (κ2) is 6.97. The van der Waals surface area contributed by atoms with Crippen molar-refractivity contribution in [3.63, 3.8) is 0 Å². The molecular weight excluding hydrogens is 348 g/mol. The summed E-state index contributed by atoms with van der Waals surface area (Å²) >= 11 is 1.72. The van der Waals surface area contributed by atoms with Gasteiger partial charge in [-0.25, -0.2) is 4.79 Å². The van der Waals surface area contributed by atoms with Crippen LogP contribution in [-0.4, -0.2) is 22.8 Å². The van der Waals surface area contributed by atoms with Gasteiger partial charge >= 0.3 is 5.97 Å². The first-order chi connectivity index (χ1) is 12.7. The Balaban J connectivity index is 1.92. The van der Waals surface area contributed by atoms with Crippen LogP contribution in [0.1, 0.15) is 28.5 Å². The normalized spacial score (nSPS) is 12.4. The topological polar surface area (TPSA) is 66.2 Å². The number of rotatable bonds is 4. The number of carbonyl (C=O) groups excluding carboxylic acids is 1. The Morgan fingerprint density at radius 1 is 1.23 bits per heavy atom. The number of aliphatic hydroxyl groups excluding tert-OH is 1. The standard InChI is InChI=1S/C20H18N2O3S/c1-2-25-20(24)18-16-12-26-17-6-4-3-5-15(17)19(16)22(21-18)14-9-7-13(11-23)8-10-14/h3-10,23H,2,11-12H2,1H3/p+1. The van der Waals surface area contributed by atoms with Crippen LogP contribution in [0.15, 0.2) is 53.4 Å². The molecule has 3 aromatic rings. The van der Waals surface area contributed by atoms with Crippen LogP contribution in [0.25, 0.3) is 16.9 Å². The molecule has 26 heavy (non-hydrogen) atoms. The van der Waals surface area contributed by atoms with Crippen LogP contribution in [0, 0.1) is 0 Å². The maximum absolute atomic E-state index is 12.5. The predicted molar refractivity (Wildman–Crippen MR) is 99.2 cm³/mol. The van der Waals surface area contributed by atoms with Gasteiger partial charge in [-0.05, 0) is 24.6 Å². The second-order valence-electron chi connectivity index (χ2n) is 5.98. The van der Waals surface area contributed by atoms with E-state index in [9.17, 15) is 9.90 Å². The monoisotopic (exact) mass is 367 g/mol. The number of benzene rings is 2. The fraction of sp³-hybridized carbons (Fsp3) is 0.200. The number of hydrogen-bond donors (Lipinski definition) is 2. The average molecular weight is 367 g/mol. The number of aromatic nitrogens is 2. The highest BCUT2D eigenvalue weighted by molar-refractivity contribution is 7.98. The Bertz CT molecular complexity index is 964. The number of ether oxygens (including phenoxy) is 1. The zero-order valence-electron chi connectivity index (χ0n) is 14.4. The number of esters is 1. The molecule has 0 radical (unpaired) electrons. The summed E-state index contributed by atoms with van der Waals surface area (Å²) in [6.07, 6.45) is 0. The highest BCUT2D eigenvalue weighted by Gasteiger charge is 2.35. The molecule has 0 fully saturated rings. The van der Waals surface area contributed by atoms with Crippen molar-refractivity contribution in [2.24, 2.45) is 0 Å². The van der Waals surface area contributed by atoms with Gasteiger partial charge in [0, 0.05) is 22.8 Å². The summed E-state index contributed by atoms with van der Waals surface area (Å²) in [6, 6.07) is 15.8. The summed E-state index contributed by atoms with van der Waals surface area (Å²) in [4.78, 5) is 13.7. The van der Waals surface area contributed by atoms with Crippen molar-refractivity contribution >= 4 is 17.7 Å². The molecule has 0 amide bonds. The molecule has 0 bridgehead atoms. The number of thioether (sulfide) groups is 1. The van der Waals surface area contributed by atoms with Crippen LogP contribution in [0.5, 0.6) is 0 Å². The lowest BCUT2D eigenvalue weighted by Gasteiger charge is -2.12. The van der Waals surface area contributed by atoms with Crippen molar-refractivity contribution in [3.8, 4) is 16.9 Å². The summed E-state index contributed by atoms with van der Waals surface area (Å²) in [5.41, 5.74) is 5.27. The molecule has 1 aromatic heterocycles. The molecule has 1 aliphatic rings. The molecule has 0 atom stereocenters. The molecular formula is C20H19N2O3S+. The number of H-pyrrole nitrogens is 1. The Morgan fingerprint density at radius 2 is 2.00 bits per heavy atom. The van der Waals surface area contributed by atoms with Crippen LogP contribution >= 0.6 is 11.8 Å². The van der Waals surface area contributed by atoms with Gasteiger partial charge in [0.15, 0.2) is 5.69 Å². The summed E-state index contributed by atoms with van der Waals surface area (Å²) < 4.78 is 7.17. The number of fused-ring (bicyclic) bond motifs is 3. The van der Waals surface area contributed by atoms with Gasteiger partial charge in [0.1, 0.15) is 0 Å². The Kier molecular flexibility index (Phi) is 4.53. The Morgan fingerprint density at radius 3 is 2.73 bits per heavy atom. The van der Waals surface area contributed by atoms with E-state index in [2.05, 4.69) is 17.2 Å². The van der Waals surface area contributed by atoms with Gasteiger partial charge in [-0.1, -0.05) is 28.9 Å². The van der Waals surface area contributed by atoms with Crippen LogP contribution in [0.2, 0.25) is 0 Å². The highest BCUT2D eigenvalue weighted by atomic mass is 32.2. The minimum absolute atomic E-state index is 0.00132. The van der Waals surface area contributed by atoms with Crippen LogP contribution in [-0.2, 0) is 17.1 Å². The van der Waals surface area contributed by atoms with E-state index in [4.69, 9.17) is 4.74 Å². The molecule has 0 spiro atoms. The summed E-state index contributed by atoms with van der Waals surface area (Å²) in [5, 5.41) is 12.5. The van der Waals surface area contributed by atoms with Crippen molar-refractivity contribution in [1.29, 1.82) is 0 Å². The van der Waals surface area contributed by atoms with Gasteiger partial charge in [-0.2, -0.15) is 5.10 Å². The Labute approximate surface area is 155 Å². The molecule has 2 N–H and O–H groups in total. The fourth-order valence-corrected chi connectivity index (χ4v) is 4.24. The first kappa shape index (κ1) is 16.9. The number of nitrogens with one attached hydrogen (secondary N) is 1. The van der Waals surface area contributed by atoms with E-state index >= 15 is 0 Å². The van der Waals surface area contributed by atoms with Gasteiger partial charge in [-0.3, -0.25) is 0 Å². The zero-order valence-corrected chi connectivity index (χ0v) is 15.2. The van der Waals surface area contributed by atoms with Gasteiger partial charge in [0.25, 0.3) is 5.69 Å². The van der Waals surface area contributed by atoms with Crippen LogP contribution in [0.3, 0.4) is 0 Å². The van der Waals surface area contributed by atoms with Crippen molar-refractivity contribution in [1.82, 2.24) is 5.10 Å². The highest BCUT2D eigenvalue weighted by Crippen LogP contribution is 2.41. The zero-order chi connectivity index (χ0) is 18.1. The third-order valence-electron chi connectivity index (χ3n) is 4.41. The first-order valence-corrected chi connectivity index (χ1v) is 9.48. The van der Waals surface area contributed by atoms with E-state index in [1.165, 1.54) is 4.90 Å². The molecule has 2 heterocycles. The number of aliphatic hydroxyl groups is 1. The van der Waals surface area contributed by atoms with E-state index < -0.39 is 0 Å². The lowest BCUT2D eigenvalue weighted by atomic mass is 10.1. The van der Waals surface area contributed by atoms with Crippen molar-refractivity contribution in [3.05, 3.63) is 65.4 Å². The third kappa shape index (κ3) is 2.81. The smallest absolute Gasteiger partial charge is 0.360 e. The van der Waals surface area contributed by atoms with Crippen molar-refractivity contribution in [2.45, 2.75) is 24.2 Å². The minimum Gasteiger partial charge on any atom is -0.461 e. The quantitative estimate of drug-likeness (QED) is 0.549. The maximum Gasteiger partial charge on any atom is 0.360 e. The molecule has 0 saturated heterocycles. The molecule has 0 unspecified atom stereocenters. The first-order valence-electron chi connectivity index (χ1n) is 8.49. The number of hydrogen-bond acceptors (Lipinski definition) is 4. The van der Waals surface area contributed by atoms with Crippen molar-refractivity contribution in [2.75, 3.05) is 6.61 Å². The second-order valence-corrected chi connectivity index (χ2v) is 7.00. The molecule has 6 heteroatoms. The van der Waals surface area contributed by atoms with Gasteiger partial charge in [0.05, 0.1) is 24.3 Å². The average Bonchev–Trinajstić information content (AvgIpc) is 3.08. The third-order valence-corrected chi connectivity index (χ3v) is 5.51. The lowest BCUT2D eigenvalue weighted by molar-refractivity contribution is -0.644. The summed E-state index contributed by atoms with van der Waals surface area (Å²) in [7, 11) is 0. The number of carbonyl (C=O) groups is 1. The number of nitrogens with zero attached hydrogens (tertiary/aromatic N) is 1. The largest absolute Gasteiger partial charge is 0.461 e. The van der Waals surface area contributed by atoms with Gasteiger partial charge in [-0.15, -0.1) is 11.8 Å². The number of aromatic amines is 1. The van der Waals surface area contributed by atoms with Gasteiger partial charge in [0.2, 0.25) is 5.69 Å². The summed E-state index contributed by atoms with van der Waals surface area (Å²) in [5.74, 6) is 0.369. The maximum atomic E-state index is 12.5. The van der Waals surface area contributed by atoms with Crippen molar-refractivity contribution < 1.29 is 19.3 Å². The summed E-state index contributed by atoms with van der Waals surface area (Å²) in [6.45, 7) is 2.14. The predicted octanol–water partition coefficient (Wildman–Crippen LogP) is 3.23. The van der Waals surface area contributed by atoms with E-state index in [1.54, 1.807) is 18.7 Å². The Hall–Kier alpha value is -2.57. The van der Waals surface area contributed by atoms with E-state index in [0.717, 1.165) is 28.1 Å². The molecule has 2 aromatic carbocycles. The molecule has 4 rings (SSSR count). The lowest BCUT2D eigenvalue weighted by Crippen LogP contribution is -2.35. The van der Waals surface area contributed by atoms with E-state index in [0.29, 0.717) is 18.1 Å². The fourth-order valence-electron chi connectivity index (χ4n) is 3.17. The van der Waals surface area contributed by atoms with E-state index in [1.807, 2.05) is 41.1 Å².